The van der Waals surface area contributed by atoms with Crippen LogP contribution in [0.25, 0.3) is 0 Å². The quantitative estimate of drug-likeness (QED) is 0.482. The summed E-state index contributed by atoms with van der Waals surface area (Å²) in [4.78, 5) is 21.0. The number of carbonyl (C=O) groups is 2. The molecule has 0 heterocycles. The normalized spacial score (nSPS) is 11.4. The molecule has 0 aliphatic heterocycles. The first-order valence-corrected chi connectivity index (χ1v) is 6.63. The summed E-state index contributed by atoms with van der Waals surface area (Å²) in [6.45, 7) is 0. The minimum Gasteiger partial charge on any atom is -0.478 e. The summed E-state index contributed by atoms with van der Waals surface area (Å²) in [5.74, 6) is -1.21. The van der Waals surface area contributed by atoms with Crippen LogP contribution >= 0.6 is 11.8 Å². The number of aliphatic carboxylic acids is 2. The Balaban J connectivity index is 3.78. The summed E-state index contributed by atoms with van der Waals surface area (Å²) in [6, 6.07) is 0. The zero-order chi connectivity index (χ0) is 12.4. The van der Waals surface area contributed by atoms with Gasteiger partial charge in [0.1, 0.15) is 0 Å². The molecule has 0 fully saturated rings. The minimum absolute atomic E-state index is 0.0163. The second-order valence-electron chi connectivity index (χ2n) is 3.47. The van der Waals surface area contributed by atoms with Crippen molar-refractivity contribution in [1.29, 1.82) is 0 Å². The zero-order valence-electron chi connectivity index (χ0n) is 9.44. The lowest BCUT2D eigenvalue weighted by atomic mass is 10.1. The number of carboxylic acids is 2. The number of thioether (sulfide) groups is 1. The van der Waals surface area contributed by atoms with E-state index in [1.807, 2.05) is 0 Å². The van der Waals surface area contributed by atoms with E-state index in [1.54, 1.807) is 11.8 Å². The Hall–Kier alpha value is -0.970. The molecule has 5 heteroatoms. The fraction of sp³-hybridized carbons (Fsp3) is 0.636. The van der Waals surface area contributed by atoms with Crippen molar-refractivity contribution in [3.63, 3.8) is 0 Å². The van der Waals surface area contributed by atoms with Crippen LogP contribution in [0.1, 0.15) is 32.1 Å². The lowest BCUT2D eigenvalue weighted by Gasteiger charge is -2.01. The Bertz CT molecular complexity index is 261. The largest absolute Gasteiger partial charge is 0.478 e. The van der Waals surface area contributed by atoms with Gasteiger partial charge in [-0.15, -0.1) is 0 Å². The Kier molecular flexibility index (Phi) is 8.71. The third-order valence-electron chi connectivity index (χ3n) is 2.12. The van der Waals surface area contributed by atoms with Crippen LogP contribution in [0.3, 0.4) is 0 Å². The Morgan fingerprint density at radius 2 is 1.75 bits per heavy atom. The van der Waals surface area contributed by atoms with Crippen LogP contribution in [-0.2, 0) is 9.59 Å². The van der Waals surface area contributed by atoms with Gasteiger partial charge in [-0.1, -0.05) is 12.8 Å². The van der Waals surface area contributed by atoms with Gasteiger partial charge in [-0.2, -0.15) is 11.8 Å². The highest BCUT2D eigenvalue weighted by Crippen LogP contribution is 2.11. The molecule has 0 atom stereocenters. The van der Waals surface area contributed by atoms with Crippen molar-refractivity contribution in [3.05, 3.63) is 11.6 Å². The van der Waals surface area contributed by atoms with Gasteiger partial charge in [0.05, 0.1) is 0 Å². The molecular weight excluding hydrogens is 228 g/mol. The van der Waals surface area contributed by atoms with Gasteiger partial charge in [0.2, 0.25) is 0 Å². The topological polar surface area (TPSA) is 74.6 Å². The fourth-order valence-corrected chi connectivity index (χ4v) is 1.80. The smallest absolute Gasteiger partial charge is 0.331 e. The molecule has 0 aliphatic carbocycles. The second kappa shape index (κ2) is 9.27. The Morgan fingerprint density at radius 1 is 1.12 bits per heavy atom. The van der Waals surface area contributed by atoms with Gasteiger partial charge >= 0.3 is 11.9 Å². The number of unbranched alkanes of at least 4 members (excludes halogenated alkanes) is 3. The van der Waals surface area contributed by atoms with Crippen LogP contribution in [0, 0.1) is 0 Å². The fourth-order valence-electron chi connectivity index (χ4n) is 1.31. The van der Waals surface area contributed by atoms with Crippen LogP contribution in [0.2, 0.25) is 0 Å². The maximum absolute atomic E-state index is 10.7. The molecule has 2 N–H and O–H groups in total. The van der Waals surface area contributed by atoms with Crippen molar-refractivity contribution >= 4 is 23.7 Å². The molecule has 0 bridgehead atoms. The molecule has 0 aromatic carbocycles. The molecule has 0 saturated heterocycles. The molecule has 16 heavy (non-hydrogen) atoms. The molecule has 92 valence electrons. The van der Waals surface area contributed by atoms with Crippen LogP contribution < -0.4 is 0 Å². The highest BCUT2D eigenvalue weighted by Gasteiger charge is 2.08. The third-order valence-corrected chi connectivity index (χ3v) is 2.81. The first kappa shape index (κ1) is 15.0. The molecule has 0 spiro atoms. The molecular formula is C11H18O4S. The summed E-state index contributed by atoms with van der Waals surface area (Å²) in [5, 5.41) is 17.2. The Labute approximate surface area is 99.7 Å². The van der Waals surface area contributed by atoms with Gasteiger partial charge in [0.25, 0.3) is 0 Å². The Morgan fingerprint density at radius 3 is 2.25 bits per heavy atom. The predicted molar refractivity (Wildman–Crippen MR) is 64.8 cm³/mol. The van der Waals surface area contributed by atoms with Crippen LogP contribution in [0.15, 0.2) is 11.6 Å². The highest BCUT2D eigenvalue weighted by atomic mass is 32.2. The van der Waals surface area contributed by atoms with E-state index in [4.69, 9.17) is 10.2 Å². The molecule has 4 nitrogen and oxygen atoms in total. The molecule has 0 unspecified atom stereocenters. The summed E-state index contributed by atoms with van der Waals surface area (Å²) in [7, 11) is 0. The van der Waals surface area contributed by atoms with Crippen molar-refractivity contribution in [1.82, 2.24) is 0 Å². The maximum atomic E-state index is 10.7. The van der Waals surface area contributed by atoms with E-state index in [2.05, 4.69) is 6.26 Å². The summed E-state index contributed by atoms with van der Waals surface area (Å²) < 4.78 is 0. The summed E-state index contributed by atoms with van der Waals surface area (Å²) in [5.41, 5.74) is -0.0163. The van der Waals surface area contributed by atoms with Crippen molar-refractivity contribution in [2.45, 2.75) is 32.1 Å². The first-order valence-electron chi connectivity index (χ1n) is 5.23. The molecule has 0 aromatic rings. The van der Waals surface area contributed by atoms with Crippen LogP contribution in [0.5, 0.6) is 0 Å². The number of hydrogen-bond acceptors (Lipinski definition) is 3. The van der Waals surface area contributed by atoms with E-state index < -0.39 is 11.9 Å². The van der Waals surface area contributed by atoms with Gasteiger partial charge in [0, 0.05) is 11.6 Å². The van der Waals surface area contributed by atoms with E-state index in [9.17, 15) is 9.59 Å². The molecule has 0 amide bonds. The van der Waals surface area contributed by atoms with Gasteiger partial charge < -0.3 is 10.2 Å². The van der Waals surface area contributed by atoms with Gasteiger partial charge in [-0.25, -0.2) is 9.59 Å². The van der Waals surface area contributed by atoms with E-state index in [1.165, 1.54) is 0 Å². The average Bonchev–Trinajstić information content (AvgIpc) is 2.20. The maximum Gasteiger partial charge on any atom is 0.331 e. The SMILES string of the molecule is CSCCCCCC/C(=C/C(=O)O)C(=O)O. The third kappa shape index (κ3) is 8.35. The van der Waals surface area contributed by atoms with Crippen LogP contribution in [-0.4, -0.2) is 34.2 Å². The van der Waals surface area contributed by atoms with Crippen molar-refractivity contribution in [2.24, 2.45) is 0 Å². The van der Waals surface area contributed by atoms with E-state index >= 15 is 0 Å². The lowest BCUT2D eigenvalue weighted by Crippen LogP contribution is -2.04. The van der Waals surface area contributed by atoms with E-state index in [0.29, 0.717) is 6.42 Å². The monoisotopic (exact) mass is 246 g/mol. The van der Waals surface area contributed by atoms with Gasteiger partial charge in [-0.05, 0) is 31.3 Å². The van der Waals surface area contributed by atoms with E-state index in [-0.39, 0.29) is 5.57 Å². The molecule has 0 aliphatic rings. The number of rotatable bonds is 9. The van der Waals surface area contributed by atoms with Crippen molar-refractivity contribution in [3.8, 4) is 0 Å². The molecule has 0 aromatic heterocycles. The number of carboxylic acid groups (broad SMARTS) is 2. The second-order valence-corrected chi connectivity index (χ2v) is 4.46. The molecule has 0 rings (SSSR count). The number of hydrogen-bond donors (Lipinski definition) is 2. The van der Waals surface area contributed by atoms with Crippen LogP contribution in [0.4, 0.5) is 0 Å². The highest BCUT2D eigenvalue weighted by molar-refractivity contribution is 7.98. The average molecular weight is 246 g/mol. The van der Waals surface area contributed by atoms with E-state index in [0.717, 1.165) is 37.5 Å². The minimum atomic E-state index is -1.19. The van der Waals surface area contributed by atoms with Crippen molar-refractivity contribution in [2.75, 3.05) is 12.0 Å². The predicted octanol–water partition coefficient (Wildman–Crippen LogP) is 2.40. The first-order chi connectivity index (χ1) is 7.57. The van der Waals surface area contributed by atoms with Crippen molar-refractivity contribution < 1.29 is 19.8 Å². The molecule has 0 radical (unpaired) electrons. The lowest BCUT2D eigenvalue weighted by molar-refractivity contribution is -0.135. The standard InChI is InChI=1S/C11H18O4S/c1-16-7-5-3-2-4-6-9(11(14)15)8-10(12)13/h8H,2-7H2,1H3,(H,12,13)(H,14,15)/b9-8-. The summed E-state index contributed by atoms with van der Waals surface area (Å²) >= 11 is 1.80. The van der Waals surface area contributed by atoms with Gasteiger partial charge in [-0.3, -0.25) is 0 Å². The van der Waals surface area contributed by atoms with Gasteiger partial charge in [0.15, 0.2) is 0 Å². The summed E-state index contributed by atoms with van der Waals surface area (Å²) in [6.07, 6.45) is 7.06. The molecule has 0 saturated carbocycles. The zero-order valence-corrected chi connectivity index (χ0v) is 10.3.